The second-order valence-corrected chi connectivity index (χ2v) is 10.1. The predicted octanol–water partition coefficient (Wildman–Crippen LogP) is 7.32. The molecule has 4 aromatic rings. The van der Waals surface area contributed by atoms with Crippen LogP contribution in [0.15, 0.2) is 81.1 Å². The van der Waals surface area contributed by atoms with Gasteiger partial charge in [0.15, 0.2) is 0 Å². The molecule has 178 valence electrons. The van der Waals surface area contributed by atoms with Crippen molar-refractivity contribution in [3.63, 3.8) is 0 Å². The molecule has 1 heterocycles. The van der Waals surface area contributed by atoms with E-state index < -0.39 is 0 Å². The minimum atomic E-state index is -0.145. The molecule has 1 fully saturated rings. The van der Waals surface area contributed by atoms with Crippen LogP contribution in [0, 0.1) is 0 Å². The summed E-state index contributed by atoms with van der Waals surface area (Å²) in [4.78, 5) is 18.2. The molecule has 1 aliphatic rings. The molecule has 0 radical (unpaired) electrons. The summed E-state index contributed by atoms with van der Waals surface area (Å²) in [6.07, 6.45) is 7.23. The highest BCUT2D eigenvalue weighted by Gasteiger charge is 2.22. The van der Waals surface area contributed by atoms with E-state index in [1.807, 2.05) is 54.6 Å². The average Bonchev–Trinajstić information content (AvgIpc) is 2.89. The van der Waals surface area contributed by atoms with Gasteiger partial charge in [-0.25, -0.2) is 4.98 Å². The maximum atomic E-state index is 13.3. The van der Waals surface area contributed by atoms with Gasteiger partial charge in [-0.15, -0.1) is 0 Å². The molecule has 35 heavy (non-hydrogen) atoms. The van der Waals surface area contributed by atoms with Crippen LogP contribution in [0.2, 0.25) is 5.02 Å². The zero-order chi connectivity index (χ0) is 24.2. The zero-order valence-corrected chi connectivity index (χ0v) is 21.5. The Hall–Kier alpha value is -2.96. The van der Waals surface area contributed by atoms with E-state index in [1.165, 1.54) is 11.1 Å². The van der Waals surface area contributed by atoms with Crippen LogP contribution in [-0.4, -0.2) is 15.9 Å². The molecule has 0 unspecified atom stereocenters. The molecule has 0 aliphatic heterocycles. The first-order valence-electron chi connectivity index (χ1n) is 11.8. The summed E-state index contributed by atoms with van der Waals surface area (Å²) >= 11 is 9.93. The molecule has 5 rings (SSSR count). The molecule has 0 saturated heterocycles. The third kappa shape index (κ3) is 5.49. The first kappa shape index (κ1) is 23.8. The molecule has 5 nitrogen and oxygen atoms in total. The minimum Gasteiger partial charge on any atom is -0.487 e. The van der Waals surface area contributed by atoms with Crippen molar-refractivity contribution in [2.45, 2.75) is 44.6 Å². The Balaban J connectivity index is 1.41. The molecule has 3 aromatic carbocycles. The first-order chi connectivity index (χ1) is 17.1. The third-order valence-electron chi connectivity index (χ3n) is 6.33. The second kappa shape index (κ2) is 10.8. The number of para-hydroxylation sites is 1. The number of benzene rings is 3. The normalized spacial score (nSPS) is 14.6. The van der Waals surface area contributed by atoms with Gasteiger partial charge in [0.1, 0.15) is 18.2 Å². The van der Waals surface area contributed by atoms with Gasteiger partial charge in [-0.2, -0.15) is 9.78 Å². The maximum absolute atomic E-state index is 13.3. The molecule has 7 heteroatoms. The van der Waals surface area contributed by atoms with Gasteiger partial charge in [0.2, 0.25) is 0 Å². The first-order valence-corrected chi connectivity index (χ1v) is 13.0. The number of hydrogen-bond donors (Lipinski definition) is 0. The minimum absolute atomic E-state index is 0.145. The van der Waals surface area contributed by atoms with E-state index in [0.717, 1.165) is 52.6 Å². The molecule has 0 bridgehead atoms. The Morgan fingerprint density at radius 2 is 1.83 bits per heavy atom. The van der Waals surface area contributed by atoms with Gasteiger partial charge in [0.05, 0.1) is 22.1 Å². The fraction of sp³-hybridized carbons (Fsp3) is 0.250. The predicted molar refractivity (Wildman–Crippen MR) is 145 cm³/mol. The molecule has 1 saturated carbocycles. The largest absolute Gasteiger partial charge is 0.487 e. The lowest BCUT2D eigenvalue weighted by Crippen LogP contribution is -2.25. The summed E-state index contributed by atoms with van der Waals surface area (Å²) in [6.45, 7) is 0.420. The fourth-order valence-electron chi connectivity index (χ4n) is 4.46. The second-order valence-electron chi connectivity index (χ2n) is 8.79. The molecule has 0 amide bonds. The monoisotopic (exact) mass is 549 g/mol. The Morgan fingerprint density at radius 1 is 1.06 bits per heavy atom. The number of fused-ring (bicyclic) bond motifs is 1. The Bertz CT molecular complexity index is 1430. The quantitative estimate of drug-likeness (QED) is 0.236. The number of ether oxygens (including phenoxy) is 1. The van der Waals surface area contributed by atoms with Gasteiger partial charge in [0, 0.05) is 10.4 Å². The van der Waals surface area contributed by atoms with E-state index in [9.17, 15) is 4.79 Å². The number of aromatic nitrogens is 2. The van der Waals surface area contributed by atoms with Crippen molar-refractivity contribution in [3.8, 4) is 5.75 Å². The molecule has 1 aliphatic carbocycles. The summed E-state index contributed by atoms with van der Waals surface area (Å²) in [6, 6.07) is 20.9. The number of nitrogens with zero attached hydrogens (tertiary/aromatic N) is 3. The number of halogens is 2. The summed E-state index contributed by atoms with van der Waals surface area (Å²) in [5.41, 5.74) is 2.40. The Labute approximate surface area is 217 Å². The SMILES string of the molecule is O=c1c2ccccc2nc(C2CCCCC2)n1N=Cc1ccc(OCc2ccc(Br)cc2)c(Cl)c1. The highest BCUT2D eigenvalue weighted by Crippen LogP contribution is 2.32. The average molecular weight is 551 g/mol. The number of hydrogen-bond acceptors (Lipinski definition) is 4. The van der Waals surface area contributed by atoms with Crippen molar-refractivity contribution in [1.82, 2.24) is 9.66 Å². The van der Waals surface area contributed by atoms with Crippen LogP contribution >= 0.6 is 27.5 Å². The molecular weight excluding hydrogens is 526 g/mol. The van der Waals surface area contributed by atoms with Gasteiger partial charge in [0.25, 0.3) is 5.56 Å². The Morgan fingerprint density at radius 3 is 2.60 bits per heavy atom. The van der Waals surface area contributed by atoms with Crippen molar-refractivity contribution < 1.29 is 4.74 Å². The Kier molecular flexibility index (Phi) is 7.30. The summed E-state index contributed by atoms with van der Waals surface area (Å²) in [5, 5.41) is 5.64. The van der Waals surface area contributed by atoms with Gasteiger partial charge in [-0.05, 0) is 66.4 Å². The molecular formula is C28H25BrClN3O2. The van der Waals surface area contributed by atoms with Gasteiger partial charge in [-0.1, -0.05) is 71.1 Å². The van der Waals surface area contributed by atoms with Crippen molar-refractivity contribution in [1.29, 1.82) is 0 Å². The van der Waals surface area contributed by atoms with E-state index in [2.05, 4.69) is 21.0 Å². The van der Waals surface area contributed by atoms with Gasteiger partial charge >= 0.3 is 0 Å². The van der Waals surface area contributed by atoms with Gasteiger partial charge < -0.3 is 4.74 Å². The van der Waals surface area contributed by atoms with E-state index in [1.54, 1.807) is 18.3 Å². The van der Waals surface area contributed by atoms with Crippen LogP contribution in [0.5, 0.6) is 5.75 Å². The summed E-state index contributed by atoms with van der Waals surface area (Å²) < 4.78 is 8.39. The molecule has 0 atom stereocenters. The third-order valence-corrected chi connectivity index (χ3v) is 7.16. The van der Waals surface area contributed by atoms with Crippen LogP contribution in [0.25, 0.3) is 10.9 Å². The number of rotatable bonds is 6. The fourth-order valence-corrected chi connectivity index (χ4v) is 4.97. The lowest BCUT2D eigenvalue weighted by Gasteiger charge is -2.22. The standard InChI is InChI=1S/C28H25BrClN3O2/c29-22-13-10-19(11-14-22)18-35-26-15-12-20(16-24(26)30)17-31-33-27(21-6-2-1-3-7-21)32-25-9-5-4-8-23(25)28(33)34/h4-5,8-17,21H,1-3,6-7,18H2. The van der Waals surface area contributed by atoms with Crippen LogP contribution in [-0.2, 0) is 6.61 Å². The molecule has 1 aromatic heterocycles. The summed E-state index contributed by atoms with van der Waals surface area (Å²) in [5.74, 6) is 1.57. The van der Waals surface area contributed by atoms with Crippen molar-refractivity contribution in [2.75, 3.05) is 0 Å². The molecule has 0 N–H and O–H groups in total. The highest BCUT2D eigenvalue weighted by atomic mass is 79.9. The van der Waals surface area contributed by atoms with Crippen LogP contribution in [0.4, 0.5) is 0 Å². The smallest absolute Gasteiger partial charge is 0.282 e. The summed E-state index contributed by atoms with van der Waals surface area (Å²) in [7, 11) is 0. The highest BCUT2D eigenvalue weighted by molar-refractivity contribution is 9.10. The van der Waals surface area contributed by atoms with Crippen molar-refractivity contribution in [2.24, 2.45) is 5.10 Å². The van der Waals surface area contributed by atoms with E-state index in [-0.39, 0.29) is 11.5 Å². The van der Waals surface area contributed by atoms with Crippen molar-refractivity contribution >= 4 is 44.6 Å². The van der Waals surface area contributed by atoms with E-state index >= 15 is 0 Å². The lowest BCUT2D eigenvalue weighted by atomic mass is 9.88. The van der Waals surface area contributed by atoms with E-state index in [0.29, 0.717) is 22.8 Å². The van der Waals surface area contributed by atoms with Crippen LogP contribution in [0.1, 0.15) is 55.0 Å². The molecule has 0 spiro atoms. The van der Waals surface area contributed by atoms with Crippen LogP contribution < -0.4 is 10.3 Å². The van der Waals surface area contributed by atoms with Crippen molar-refractivity contribution in [3.05, 3.63) is 104 Å². The lowest BCUT2D eigenvalue weighted by molar-refractivity contribution is 0.306. The topological polar surface area (TPSA) is 56.5 Å². The maximum Gasteiger partial charge on any atom is 0.282 e. The van der Waals surface area contributed by atoms with E-state index in [4.69, 9.17) is 21.3 Å². The van der Waals surface area contributed by atoms with Crippen LogP contribution in [0.3, 0.4) is 0 Å². The zero-order valence-electron chi connectivity index (χ0n) is 19.2. The van der Waals surface area contributed by atoms with Gasteiger partial charge in [-0.3, -0.25) is 4.79 Å².